The zero-order chi connectivity index (χ0) is 11.9. The van der Waals surface area contributed by atoms with Gasteiger partial charge in [0.15, 0.2) is 17.5 Å². The summed E-state index contributed by atoms with van der Waals surface area (Å²) in [7, 11) is 0. The van der Waals surface area contributed by atoms with Crippen LogP contribution in [0.4, 0.5) is 19.0 Å². The van der Waals surface area contributed by atoms with Gasteiger partial charge in [0.05, 0.1) is 16.4 Å². The van der Waals surface area contributed by atoms with Crippen molar-refractivity contribution in [2.75, 3.05) is 5.73 Å². The molecule has 1 aromatic heterocycles. The van der Waals surface area contributed by atoms with Crippen molar-refractivity contribution in [2.45, 2.75) is 0 Å². The van der Waals surface area contributed by atoms with Crippen LogP contribution in [-0.4, -0.2) is 9.78 Å². The van der Waals surface area contributed by atoms with Crippen LogP contribution in [0.25, 0.3) is 5.69 Å². The fourth-order valence-electron chi connectivity index (χ4n) is 1.21. The van der Waals surface area contributed by atoms with E-state index in [-0.39, 0.29) is 11.5 Å². The summed E-state index contributed by atoms with van der Waals surface area (Å²) in [6.45, 7) is 0. The molecule has 0 unspecified atom stereocenters. The van der Waals surface area contributed by atoms with E-state index in [1.807, 2.05) is 0 Å². The maximum absolute atomic E-state index is 13.0. The van der Waals surface area contributed by atoms with Gasteiger partial charge in [0, 0.05) is 12.1 Å². The van der Waals surface area contributed by atoms with Crippen molar-refractivity contribution in [3.05, 3.63) is 40.3 Å². The third-order valence-corrected chi connectivity index (χ3v) is 2.58. The highest BCUT2D eigenvalue weighted by Crippen LogP contribution is 2.23. The van der Waals surface area contributed by atoms with Crippen LogP contribution in [0.1, 0.15) is 0 Å². The number of nitrogens with zero attached hydrogens (tertiary/aromatic N) is 2. The molecule has 2 rings (SSSR count). The molecule has 7 heteroatoms. The summed E-state index contributed by atoms with van der Waals surface area (Å²) in [4.78, 5) is 0. The van der Waals surface area contributed by atoms with Crippen molar-refractivity contribution >= 4 is 21.7 Å². The highest BCUT2D eigenvalue weighted by molar-refractivity contribution is 9.10. The van der Waals surface area contributed by atoms with E-state index >= 15 is 0 Å². The molecule has 16 heavy (non-hydrogen) atoms. The first kappa shape index (κ1) is 11.0. The molecule has 0 saturated carbocycles. The van der Waals surface area contributed by atoms with Crippen LogP contribution >= 0.6 is 15.9 Å². The van der Waals surface area contributed by atoms with E-state index in [1.54, 1.807) is 0 Å². The van der Waals surface area contributed by atoms with Crippen LogP contribution in [0.15, 0.2) is 22.8 Å². The Morgan fingerprint density at radius 2 is 1.75 bits per heavy atom. The monoisotopic (exact) mass is 291 g/mol. The lowest BCUT2D eigenvalue weighted by Gasteiger charge is -2.05. The lowest BCUT2D eigenvalue weighted by molar-refractivity contribution is 0.446. The summed E-state index contributed by atoms with van der Waals surface area (Å²) in [5.41, 5.74) is 5.60. The van der Waals surface area contributed by atoms with Crippen molar-refractivity contribution in [1.82, 2.24) is 9.78 Å². The molecule has 0 spiro atoms. The first-order valence-electron chi connectivity index (χ1n) is 4.14. The van der Waals surface area contributed by atoms with Gasteiger partial charge in [-0.05, 0) is 15.9 Å². The molecule has 0 aliphatic carbocycles. The molecule has 0 saturated heterocycles. The second-order valence-corrected chi connectivity index (χ2v) is 3.87. The molecule has 3 nitrogen and oxygen atoms in total. The zero-order valence-electron chi connectivity index (χ0n) is 7.72. The number of anilines is 1. The Labute approximate surface area is 96.8 Å². The Bertz CT molecular complexity index is 530. The van der Waals surface area contributed by atoms with Gasteiger partial charge in [0.25, 0.3) is 0 Å². The molecular formula is C9H5BrF3N3. The fourth-order valence-corrected chi connectivity index (χ4v) is 1.47. The molecule has 2 aromatic rings. The van der Waals surface area contributed by atoms with E-state index in [2.05, 4.69) is 21.0 Å². The van der Waals surface area contributed by atoms with Crippen LogP contribution in [0.3, 0.4) is 0 Å². The molecular weight excluding hydrogens is 287 g/mol. The summed E-state index contributed by atoms with van der Waals surface area (Å²) in [5.74, 6) is -3.93. The van der Waals surface area contributed by atoms with Gasteiger partial charge in [0.2, 0.25) is 0 Å². The number of benzene rings is 1. The first-order chi connectivity index (χ1) is 7.50. The van der Waals surface area contributed by atoms with E-state index in [0.29, 0.717) is 4.47 Å². The van der Waals surface area contributed by atoms with Gasteiger partial charge in [-0.1, -0.05) is 0 Å². The third kappa shape index (κ3) is 1.67. The van der Waals surface area contributed by atoms with E-state index in [9.17, 15) is 13.2 Å². The number of rotatable bonds is 1. The molecule has 0 bridgehead atoms. The maximum Gasteiger partial charge on any atom is 0.194 e. The Morgan fingerprint density at radius 3 is 2.19 bits per heavy atom. The second-order valence-electron chi connectivity index (χ2n) is 3.01. The van der Waals surface area contributed by atoms with Gasteiger partial charge in [-0.25, -0.2) is 17.9 Å². The molecule has 1 aromatic carbocycles. The predicted molar refractivity (Wildman–Crippen MR) is 55.6 cm³/mol. The molecule has 0 aliphatic rings. The standard InChI is InChI=1S/C9H5BrF3N3/c10-5-3-15-16(9(5)14)4-1-6(11)8(13)7(12)2-4/h1-3H,14H2. The number of hydrogen-bond donors (Lipinski definition) is 1. The Hall–Kier alpha value is -1.50. The molecule has 1 heterocycles. The molecule has 84 valence electrons. The highest BCUT2D eigenvalue weighted by atomic mass is 79.9. The maximum atomic E-state index is 13.0. The van der Waals surface area contributed by atoms with Gasteiger partial charge < -0.3 is 5.73 Å². The highest BCUT2D eigenvalue weighted by Gasteiger charge is 2.14. The van der Waals surface area contributed by atoms with Gasteiger partial charge in [-0.15, -0.1) is 0 Å². The topological polar surface area (TPSA) is 43.8 Å². The average molecular weight is 292 g/mol. The van der Waals surface area contributed by atoms with Crippen molar-refractivity contribution in [1.29, 1.82) is 0 Å². The molecule has 0 radical (unpaired) electrons. The minimum absolute atomic E-state index is 0.0135. The summed E-state index contributed by atoms with van der Waals surface area (Å²) >= 11 is 3.09. The Balaban J connectivity index is 2.61. The van der Waals surface area contributed by atoms with Crippen molar-refractivity contribution in [2.24, 2.45) is 0 Å². The quantitative estimate of drug-likeness (QED) is 0.821. The first-order valence-corrected chi connectivity index (χ1v) is 4.94. The minimum Gasteiger partial charge on any atom is -0.383 e. The molecule has 2 N–H and O–H groups in total. The van der Waals surface area contributed by atoms with Crippen LogP contribution < -0.4 is 5.73 Å². The summed E-state index contributed by atoms with van der Waals surface area (Å²) in [5, 5.41) is 3.79. The normalized spacial score (nSPS) is 10.8. The zero-order valence-corrected chi connectivity index (χ0v) is 9.30. The average Bonchev–Trinajstić information content (AvgIpc) is 2.56. The molecule has 0 atom stereocenters. The molecule has 0 amide bonds. The van der Waals surface area contributed by atoms with E-state index in [1.165, 1.54) is 6.20 Å². The number of nitrogens with two attached hydrogens (primary N) is 1. The summed E-state index contributed by atoms with van der Waals surface area (Å²) in [6, 6.07) is 1.63. The van der Waals surface area contributed by atoms with Crippen LogP contribution in [0.5, 0.6) is 0 Å². The van der Waals surface area contributed by atoms with E-state index in [0.717, 1.165) is 16.8 Å². The van der Waals surface area contributed by atoms with Crippen molar-refractivity contribution in [3.8, 4) is 5.69 Å². The van der Waals surface area contributed by atoms with Gasteiger partial charge in [-0.2, -0.15) is 5.10 Å². The number of hydrogen-bond acceptors (Lipinski definition) is 2. The predicted octanol–water partition coefficient (Wildman–Crippen LogP) is 2.63. The van der Waals surface area contributed by atoms with Gasteiger partial charge >= 0.3 is 0 Å². The smallest absolute Gasteiger partial charge is 0.194 e. The summed E-state index contributed by atoms with van der Waals surface area (Å²) in [6.07, 6.45) is 1.37. The number of nitrogen functional groups attached to an aromatic ring is 1. The minimum atomic E-state index is -1.52. The van der Waals surface area contributed by atoms with Crippen molar-refractivity contribution in [3.63, 3.8) is 0 Å². The lowest BCUT2D eigenvalue weighted by Crippen LogP contribution is -2.04. The Kier molecular flexibility index (Phi) is 2.63. The van der Waals surface area contributed by atoms with E-state index in [4.69, 9.17) is 5.73 Å². The van der Waals surface area contributed by atoms with Crippen molar-refractivity contribution < 1.29 is 13.2 Å². The second kappa shape index (κ2) is 3.82. The fraction of sp³-hybridized carbons (Fsp3) is 0. The SMILES string of the molecule is Nc1c(Br)cnn1-c1cc(F)c(F)c(F)c1. The van der Waals surface area contributed by atoms with Crippen LogP contribution in [0.2, 0.25) is 0 Å². The van der Waals surface area contributed by atoms with Gasteiger partial charge in [0.1, 0.15) is 5.82 Å². The lowest BCUT2D eigenvalue weighted by atomic mass is 10.3. The third-order valence-electron chi connectivity index (χ3n) is 1.97. The van der Waals surface area contributed by atoms with Crippen LogP contribution in [0, 0.1) is 17.5 Å². The molecule has 0 fully saturated rings. The molecule has 0 aliphatic heterocycles. The van der Waals surface area contributed by atoms with Crippen LogP contribution in [-0.2, 0) is 0 Å². The largest absolute Gasteiger partial charge is 0.383 e. The number of aromatic nitrogens is 2. The number of halogens is 4. The summed E-state index contributed by atoms with van der Waals surface area (Å²) < 4.78 is 40.2. The van der Waals surface area contributed by atoms with Gasteiger partial charge in [-0.3, -0.25) is 0 Å². The van der Waals surface area contributed by atoms with E-state index < -0.39 is 17.5 Å². The Morgan fingerprint density at radius 1 is 1.19 bits per heavy atom.